The second-order valence-electron chi connectivity index (χ2n) is 5.33. The molecule has 20 heavy (non-hydrogen) atoms. The highest BCUT2D eigenvalue weighted by Crippen LogP contribution is 2.20. The number of esters is 1. The van der Waals surface area contributed by atoms with E-state index in [2.05, 4.69) is 39.0 Å². The predicted octanol–water partition coefficient (Wildman–Crippen LogP) is 3.27. The summed E-state index contributed by atoms with van der Waals surface area (Å²) in [6.45, 7) is 3.13. The van der Waals surface area contributed by atoms with E-state index in [1.807, 2.05) is 6.07 Å². The van der Waals surface area contributed by atoms with Gasteiger partial charge >= 0.3 is 5.97 Å². The van der Waals surface area contributed by atoms with Gasteiger partial charge in [-0.05, 0) is 56.9 Å². The summed E-state index contributed by atoms with van der Waals surface area (Å²) < 4.78 is 6.01. The number of ether oxygens (including phenoxy) is 1. The van der Waals surface area contributed by atoms with Gasteiger partial charge in [0.2, 0.25) is 0 Å². The topological polar surface area (TPSA) is 29.5 Å². The number of nitrogens with zero attached hydrogens (tertiary/aromatic N) is 1. The third-order valence-electron chi connectivity index (χ3n) is 4.00. The summed E-state index contributed by atoms with van der Waals surface area (Å²) in [6.07, 6.45) is 4.12. The van der Waals surface area contributed by atoms with Crippen LogP contribution in [0, 0.1) is 5.92 Å². The fourth-order valence-electron chi connectivity index (χ4n) is 2.75. The Kier molecular flexibility index (Phi) is 6.05. The number of aryl methyl sites for hydroxylation is 1. The number of benzene rings is 1. The molecule has 0 radical (unpaired) electrons. The van der Waals surface area contributed by atoms with Crippen LogP contribution in [0.25, 0.3) is 0 Å². The van der Waals surface area contributed by atoms with Gasteiger partial charge in [0.05, 0.1) is 13.0 Å². The first-order valence-corrected chi connectivity index (χ1v) is 8.03. The molecule has 1 aliphatic rings. The van der Waals surface area contributed by atoms with Gasteiger partial charge in [-0.25, -0.2) is 0 Å². The van der Waals surface area contributed by atoms with E-state index in [0.717, 1.165) is 45.3 Å². The van der Waals surface area contributed by atoms with E-state index in [9.17, 15) is 4.79 Å². The van der Waals surface area contributed by atoms with Crippen LogP contribution in [-0.4, -0.2) is 37.6 Å². The number of halogens is 1. The van der Waals surface area contributed by atoms with Gasteiger partial charge in [0, 0.05) is 4.47 Å². The fraction of sp³-hybridized carbons (Fsp3) is 0.562. The lowest BCUT2D eigenvalue weighted by Crippen LogP contribution is -2.37. The lowest BCUT2D eigenvalue weighted by Gasteiger charge is -2.30. The van der Waals surface area contributed by atoms with Crippen LogP contribution >= 0.6 is 15.9 Å². The monoisotopic (exact) mass is 339 g/mol. The van der Waals surface area contributed by atoms with E-state index < -0.39 is 0 Å². The minimum Gasteiger partial charge on any atom is -0.469 e. The number of hydrogen-bond acceptors (Lipinski definition) is 3. The molecule has 0 bridgehead atoms. The predicted molar refractivity (Wildman–Crippen MR) is 83.6 cm³/mol. The Hall–Kier alpha value is -0.870. The zero-order valence-corrected chi connectivity index (χ0v) is 13.6. The van der Waals surface area contributed by atoms with E-state index in [1.165, 1.54) is 17.1 Å². The van der Waals surface area contributed by atoms with Crippen LogP contribution in [0.5, 0.6) is 0 Å². The van der Waals surface area contributed by atoms with Crippen molar-refractivity contribution in [3.63, 3.8) is 0 Å². The lowest BCUT2D eigenvalue weighted by molar-refractivity contribution is -0.147. The summed E-state index contributed by atoms with van der Waals surface area (Å²) in [5, 5.41) is 0. The van der Waals surface area contributed by atoms with Crippen LogP contribution in [0.3, 0.4) is 0 Å². The molecule has 110 valence electrons. The van der Waals surface area contributed by atoms with Gasteiger partial charge in [0.15, 0.2) is 0 Å². The molecule has 0 unspecified atom stereocenters. The van der Waals surface area contributed by atoms with E-state index in [0.29, 0.717) is 0 Å². The molecule has 3 nitrogen and oxygen atoms in total. The molecule has 1 aromatic carbocycles. The van der Waals surface area contributed by atoms with Crippen molar-refractivity contribution in [3.05, 3.63) is 34.3 Å². The van der Waals surface area contributed by atoms with Crippen molar-refractivity contribution < 1.29 is 9.53 Å². The number of methoxy groups -OCH3 is 1. The highest BCUT2D eigenvalue weighted by molar-refractivity contribution is 9.10. The maximum atomic E-state index is 11.5. The van der Waals surface area contributed by atoms with Crippen molar-refractivity contribution >= 4 is 21.9 Å². The molecule has 0 aromatic heterocycles. The van der Waals surface area contributed by atoms with Crippen LogP contribution in [0.4, 0.5) is 0 Å². The summed E-state index contributed by atoms with van der Waals surface area (Å²) in [5.74, 6) is 0.0670. The second-order valence-corrected chi connectivity index (χ2v) is 6.19. The van der Waals surface area contributed by atoms with Crippen LogP contribution < -0.4 is 0 Å². The molecule has 2 rings (SSSR count). The van der Waals surface area contributed by atoms with E-state index >= 15 is 0 Å². The minimum atomic E-state index is -0.0436. The molecule has 0 amide bonds. The molecule has 0 spiro atoms. The fourth-order valence-corrected chi connectivity index (χ4v) is 3.24. The Bertz CT molecular complexity index is 442. The molecule has 1 heterocycles. The van der Waals surface area contributed by atoms with E-state index in [1.54, 1.807) is 0 Å². The maximum Gasteiger partial charge on any atom is 0.308 e. The van der Waals surface area contributed by atoms with Crippen molar-refractivity contribution in [2.75, 3.05) is 26.7 Å². The average Bonchev–Trinajstić information content (AvgIpc) is 2.49. The molecule has 0 atom stereocenters. The molecule has 1 fully saturated rings. The van der Waals surface area contributed by atoms with Crippen LogP contribution in [-0.2, 0) is 16.0 Å². The van der Waals surface area contributed by atoms with Gasteiger partial charge < -0.3 is 9.64 Å². The van der Waals surface area contributed by atoms with Crippen molar-refractivity contribution in [2.45, 2.75) is 25.7 Å². The maximum absolute atomic E-state index is 11.5. The summed E-state index contributed by atoms with van der Waals surface area (Å²) >= 11 is 3.59. The average molecular weight is 340 g/mol. The summed E-state index contributed by atoms with van der Waals surface area (Å²) in [6, 6.07) is 8.40. The molecular formula is C16H22BrNO2. The number of carbonyl (C=O) groups excluding carboxylic acids is 1. The molecule has 0 saturated carbocycles. The first-order valence-electron chi connectivity index (χ1n) is 7.24. The Morgan fingerprint density at radius 3 is 2.70 bits per heavy atom. The van der Waals surface area contributed by atoms with Gasteiger partial charge in [-0.2, -0.15) is 0 Å². The summed E-state index contributed by atoms with van der Waals surface area (Å²) in [7, 11) is 1.48. The molecular weight excluding hydrogens is 318 g/mol. The zero-order valence-electron chi connectivity index (χ0n) is 12.0. The number of rotatable bonds is 5. The first-order chi connectivity index (χ1) is 9.70. The molecule has 1 saturated heterocycles. The first kappa shape index (κ1) is 15.5. The highest BCUT2D eigenvalue weighted by Gasteiger charge is 2.25. The summed E-state index contributed by atoms with van der Waals surface area (Å²) in [4.78, 5) is 13.9. The number of likely N-dealkylation sites (tertiary alicyclic amines) is 1. The largest absolute Gasteiger partial charge is 0.469 e. The van der Waals surface area contributed by atoms with Gasteiger partial charge in [0.25, 0.3) is 0 Å². The van der Waals surface area contributed by atoms with Crippen LogP contribution in [0.2, 0.25) is 0 Å². The molecule has 1 aromatic rings. The quantitative estimate of drug-likeness (QED) is 0.771. The standard InChI is InChI=1S/C16H22BrNO2/c1-20-16(19)14-8-11-18(12-9-14)10-4-6-13-5-2-3-7-15(13)17/h2-3,5,7,14H,4,6,8-12H2,1H3. The van der Waals surface area contributed by atoms with E-state index in [4.69, 9.17) is 4.74 Å². The number of hydrogen-bond donors (Lipinski definition) is 0. The molecule has 4 heteroatoms. The molecule has 0 N–H and O–H groups in total. The molecule has 1 aliphatic heterocycles. The molecule has 0 aliphatic carbocycles. The third kappa shape index (κ3) is 4.32. The van der Waals surface area contributed by atoms with Gasteiger partial charge in [-0.3, -0.25) is 4.79 Å². The lowest BCUT2D eigenvalue weighted by atomic mass is 9.97. The Balaban J connectivity index is 1.69. The van der Waals surface area contributed by atoms with Gasteiger partial charge in [0.1, 0.15) is 0 Å². The Labute approximate surface area is 129 Å². The second kappa shape index (κ2) is 7.79. The smallest absolute Gasteiger partial charge is 0.308 e. The SMILES string of the molecule is COC(=O)C1CCN(CCCc2ccccc2Br)CC1. The Morgan fingerprint density at radius 1 is 1.35 bits per heavy atom. The van der Waals surface area contributed by atoms with Crippen molar-refractivity contribution in [1.82, 2.24) is 4.90 Å². The van der Waals surface area contributed by atoms with Crippen molar-refractivity contribution in [2.24, 2.45) is 5.92 Å². The zero-order chi connectivity index (χ0) is 14.4. The van der Waals surface area contributed by atoms with Crippen molar-refractivity contribution in [3.8, 4) is 0 Å². The number of carbonyl (C=O) groups is 1. The van der Waals surface area contributed by atoms with Crippen LogP contribution in [0.15, 0.2) is 28.7 Å². The highest BCUT2D eigenvalue weighted by atomic mass is 79.9. The minimum absolute atomic E-state index is 0.0436. The van der Waals surface area contributed by atoms with Crippen LogP contribution in [0.1, 0.15) is 24.8 Å². The third-order valence-corrected chi connectivity index (χ3v) is 4.77. The normalized spacial score (nSPS) is 17.1. The summed E-state index contributed by atoms with van der Waals surface area (Å²) in [5.41, 5.74) is 1.37. The van der Waals surface area contributed by atoms with E-state index in [-0.39, 0.29) is 11.9 Å². The number of piperidine rings is 1. The van der Waals surface area contributed by atoms with Crippen molar-refractivity contribution in [1.29, 1.82) is 0 Å². The van der Waals surface area contributed by atoms with Gasteiger partial charge in [-0.15, -0.1) is 0 Å². The van der Waals surface area contributed by atoms with Gasteiger partial charge in [-0.1, -0.05) is 34.1 Å². The Morgan fingerprint density at radius 2 is 2.05 bits per heavy atom.